The quantitative estimate of drug-likeness (QED) is 0.182. The second-order valence-corrected chi connectivity index (χ2v) is 18.5. The van der Waals surface area contributed by atoms with Crippen molar-refractivity contribution in [1.29, 1.82) is 0 Å². The molecular weight excluding hydrogens is 674 g/mol. The zero-order valence-electron chi connectivity index (χ0n) is 33.0. The number of ether oxygens (including phenoxy) is 1. The van der Waals surface area contributed by atoms with Crippen molar-refractivity contribution in [3.8, 4) is 0 Å². The molecule has 3 aliphatic carbocycles. The van der Waals surface area contributed by atoms with Crippen LogP contribution < -0.4 is 21.7 Å². The molecule has 12 nitrogen and oxygen atoms in total. The van der Waals surface area contributed by atoms with Gasteiger partial charge in [0.05, 0.1) is 6.04 Å². The molecule has 5 atom stereocenters. The van der Waals surface area contributed by atoms with Crippen molar-refractivity contribution in [2.24, 2.45) is 46.2 Å². The third-order valence-corrected chi connectivity index (χ3v) is 13.7. The molecule has 5 amide bonds. The minimum Gasteiger partial charge on any atom is -0.381 e. The third kappa shape index (κ3) is 9.81. The molecule has 0 aromatic heterocycles. The Labute approximate surface area is 316 Å². The van der Waals surface area contributed by atoms with Gasteiger partial charge in [0.15, 0.2) is 0 Å². The standard InChI is InChI=1S/C41H67N5O7/c1-25(2)41(29-15-10-16-29)23-31(37(50)43-30(34(48)36(42)49)21-26-11-9-12-26)46(24-41)39(52)35(40(3,4)5)45-38(51)33(28-13-7-6-8-14-28)44-32(47)22-27-17-19-53-20-18-27/h25-31,33,35H,6-24H2,1-5H3,(H2,42,49)(H,43,50)(H,44,47)(H,45,51)/t30?,31-,33-,35+,41+/m0/s1. The van der Waals surface area contributed by atoms with E-state index in [1.165, 1.54) is 0 Å². The van der Waals surface area contributed by atoms with Crippen LogP contribution in [-0.4, -0.2) is 84.1 Å². The predicted octanol–water partition coefficient (Wildman–Crippen LogP) is 4.17. The van der Waals surface area contributed by atoms with Crippen LogP contribution in [-0.2, 0) is 33.5 Å². The van der Waals surface area contributed by atoms with Crippen molar-refractivity contribution in [3.05, 3.63) is 0 Å². The van der Waals surface area contributed by atoms with Gasteiger partial charge in [-0.3, -0.25) is 28.8 Å². The number of rotatable bonds is 15. The van der Waals surface area contributed by atoms with Crippen molar-refractivity contribution < 1.29 is 33.5 Å². The molecule has 0 aromatic rings. The highest BCUT2D eigenvalue weighted by molar-refractivity contribution is 6.37. The number of carbonyl (C=O) groups excluding carboxylic acids is 6. The highest BCUT2D eigenvalue weighted by Crippen LogP contribution is 2.54. The van der Waals surface area contributed by atoms with Crippen LogP contribution in [0.25, 0.3) is 0 Å². The molecule has 5 N–H and O–H groups in total. The SMILES string of the molecule is CC(C)[C@@]1(C2CCC2)C[C@@H](C(=O)NC(CC2CCC2)C(=O)C(N)=O)N(C(=O)[C@@H](NC(=O)[C@@H](NC(=O)CC2CCOCC2)C2CCCCC2)C(C)(C)C)C1. The molecule has 2 heterocycles. The summed E-state index contributed by atoms with van der Waals surface area (Å²) in [6.07, 6.45) is 13.5. The first-order chi connectivity index (χ1) is 25.1. The summed E-state index contributed by atoms with van der Waals surface area (Å²) < 4.78 is 5.48. The first-order valence-electron chi connectivity index (χ1n) is 20.7. The number of nitrogens with one attached hydrogen (secondary N) is 3. The lowest BCUT2D eigenvalue weighted by atomic mass is 9.59. The van der Waals surface area contributed by atoms with Crippen molar-refractivity contribution in [3.63, 3.8) is 0 Å². The monoisotopic (exact) mass is 742 g/mol. The molecule has 2 aliphatic heterocycles. The molecule has 0 bridgehead atoms. The van der Waals surface area contributed by atoms with Gasteiger partial charge in [0, 0.05) is 26.2 Å². The van der Waals surface area contributed by atoms with E-state index in [0.29, 0.717) is 44.9 Å². The molecule has 53 heavy (non-hydrogen) atoms. The number of likely N-dealkylation sites (tertiary alicyclic amines) is 1. The van der Waals surface area contributed by atoms with Crippen molar-refractivity contribution in [1.82, 2.24) is 20.9 Å². The van der Waals surface area contributed by atoms with Crippen LogP contribution in [0.5, 0.6) is 0 Å². The van der Waals surface area contributed by atoms with Crippen molar-refractivity contribution in [2.75, 3.05) is 19.8 Å². The lowest BCUT2D eigenvalue weighted by Crippen LogP contribution is -2.62. The van der Waals surface area contributed by atoms with Gasteiger partial charge < -0.3 is 31.3 Å². The second-order valence-electron chi connectivity index (χ2n) is 18.5. The topological polar surface area (TPSA) is 177 Å². The number of nitrogens with zero attached hydrogens (tertiary/aromatic N) is 1. The lowest BCUT2D eigenvalue weighted by Gasteiger charge is -2.46. The van der Waals surface area contributed by atoms with E-state index < -0.39 is 47.2 Å². The molecule has 2 saturated heterocycles. The van der Waals surface area contributed by atoms with Crippen LogP contribution in [0.2, 0.25) is 0 Å². The van der Waals surface area contributed by atoms with Crippen LogP contribution >= 0.6 is 0 Å². The second kappa shape index (κ2) is 17.6. The van der Waals surface area contributed by atoms with E-state index in [1.54, 1.807) is 4.90 Å². The largest absolute Gasteiger partial charge is 0.381 e. The Morgan fingerprint density at radius 2 is 1.45 bits per heavy atom. The summed E-state index contributed by atoms with van der Waals surface area (Å²) in [7, 11) is 0. The Hall–Kier alpha value is -3.02. The number of hydrogen-bond acceptors (Lipinski definition) is 7. The van der Waals surface area contributed by atoms with E-state index in [9.17, 15) is 24.0 Å². The summed E-state index contributed by atoms with van der Waals surface area (Å²) in [5.74, 6) is -2.31. The van der Waals surface area contributed by atoms with Gasteiger partial charge in [0.1, 0.15) is 18.1 Å². The minimum atomic E-state index is -1.08. The molecule has 0 aromatic carbocycles. The van der Waals surface area contributed by atoms with Crippen LogP contribution in [0.4, 0.5) is 0 Å². The number of nitrogens with two attached hydrogens (primary N) is 1. The molecule has 5 fully saturated rings. The van der Waals surface area contributed by atoms with Crippen LogP contribution in [0.15, 0.2) is 0 Å². The molecule has 5 aliphatic rings. The summed E-state index contributed by atoms with van der Waals surface area (Å²) >= 11 is 0. The maximum absolute atomic E-state index is 15.0. The summed E-state index contributed by atoms with van der Waals surface area (Å²) in [6.45, 7) is 11.6. The fraction of sp³-hybridized carbons (Fsp3) is 0.854. The molecule has 3 saturated carbocycles. The predicted molar refractivity (Wildman–Crippen MR) is 201 cm³/mol. The fourth-order valence-corrected chi connectivity index (χ4v) is 9.69. The number of ketones is 1. The Kier molecular flexibility index (Phi) is 13.7. The molecule has 0 spiro atoms. The Balaban J connectivity index is 1.40. The first kappa shape index (κ1) is 41.1. The number of carbonyl (C=O) groups is 6. The number of primary amides is 1. The van der Waals surface area contributed by atoms with E-state index in [0.717, 1.165) is 83.5 Å². The average Bonchev–Trinajstić information content (AvgIpc) is 3.47. The molecule has 12 heteroatoms. The van der Waals surface area contributed by atoms with Gasteiger partial charge in [-0.2, -0.15) is 0 Å². The fourth-order valence-electron chi connectivity index (χ4n) is 9.69. The van der Waals surface area contributed by atoms with Gasteiger partial charge in [0.2, 0.25) is 29.4 Å². The molecule has 298 valence electrons. The maximum atomic E-state index is 15.0. The lowest BCUT2D eigenvalue weighted by molar-refractivity contribution is -0.145. The highest BCUT2D eigenvalue weighted by atomic mass is 16.5. The van der Waals surface area contributed by atoms with Gasteiger partial charge in [-0.15, -0.1) is 0 Å². The van der Waals surface area contributed by atoms with Crippen molar-refractivity contribution >= 4 is 35.3 Å². The van der Waals surface area contributed by atoms with Gasteiger partial charge in [-0.1, -0.05) is 79.6 Å². The van der Waals surface area contributed by atoms with E-state index in [-0.39, 0.29) is 46.8 Å². The summed E-state index contributed by atoms with van der Waals surface area (Å²) in [5, 5.41) is 9.10. The summed E-state index contributed by atoms with van der Waals surface area (Å²) in [4.78, 5) is 83.9. The Morgan fingerprint density at radius 3 is 1.98 bits per heavy atom. The van der Waals surface area contributed by atoms with Crippen LogP contribution in [0.3, 0.4) is 0 Å². The first-order valence-corrected chi connectivity index (χ1v) is 20.7. The average molecular weight is 742 g/mol. The molecule has 0 radical (unpaired) electrons. The van der Waals surface area contributed by atoms with E-state index in [2.05, 4.69) is 29.8 Å². The van der Waals surface area contributed by atoms with E-state index >= 15 is 4.79 Å². The van der Waals surface area contributed by atoms with Gasteiger partial charge >= 0.3 is 0 Å². The van der Waals surface area contributed by atoms with Crippen LogP contribution in [0, 0.1) is 40.4 Å². The molecular formula is C41H67N5O7. The Morgan fingerprint density at radius 1 is 0.811 bits per heavy atom. The Bertz CT molecular complexity index is 1340. The summed E-state index contributed by atoms with van der Waals surface area (Å²) in [6, 6.07) is -3.68. The van der Waals surface area contributed by atoms with E-state index in [1.807, 2.05) is 20.8 Å². The normalized spacial score (nSPS) is 26.5. The molecule has 1 unspecified atom stereocenters. The summed E-state index contributed by atoms with van der Waals surface area (Å²) in [5.41, 5.74) is 4.39. The number of amides is 5. The molecule has 5 rings (SSSR count). The number of hydrogen-bond donors (Lipinski definition) is 4. The minimum absolute atomic E-state index is 0.0361. The van der Waals surface area contributed by atoms with Gasteiger partial charge in [-0.25, -0.2) is 0 Å². The van der Waals surface area contributed by atoms with Crippen LogP contribution in [0.1, 0.15) is 137 Å². The third-order valence-electron chi connectivity index (χ3n) is 13.7. The van der Waals surface area contributed by atoms with Gasteiger partial charge in [0.25, 0.3) is 5.91 Å². The van der Waals surface area contributed by atoms with Gasteiger partial charge in [-0.05, 0) is 91.8 Å². The highest BCUT2D eigenvalue weighted by Gasteiger charge is 2.57. The zero-order chi connectivity index (χ0) is 38.5. The number of Topliss-reactive ketones (excluding diaryl/α,β-unsaturated/α-hetero) is 1. The smallest absolute Gasteiger partial charge is 0.287 e. The van der Waals surface area contributed by atoms with Crippen molar-refractivity contribution in [2.45, 2.75) is 162 Å². The van der Waals surface area contributed by atoms with E-state index in [4.69, 9.17) is 10.5 Å². The zero-order valence-corrected chi connectivity index (χ0v) is 33.0. The maximum Gasteiger partial charge on any atom is 0.287 e.